The minimum Gasteiger partial charge on any atom is -0.348 e. The van der Waals surface area contributed by atoms with E-state index in [2.05, 4.69) is 11.8 Å². The Kier molecular flexibility index (Phi) is 3.37. The zero-order valence-electron chi connectivity index (χ0n) is 10.9. The van der Waals surface area contributed by atoms with Crippen LogP contribution in [-0.2, 0) is 0 Å². The second-order valence-corrected chi connectivity index (χ2v) is 6.49. The molecule has 3 rings (SSSR count). The fraction of sp³-hybridized carbons (Fsp3) is 0.714. The maximum absolute atomic E-state index is 11.1. The first-order valence-corrected chi connectivity index (χ1v) is 7.84. The molecule has 1 aliphatic heterocycles. The van der Waals surface area contributed by atoms with Gasteiger partial charge in [-0.3, -0.25) is 4.79 Å². The van der Waals surface area contributed by atoms with Gasteiger partial charge in [0.2, 0.25) is 0 Å². The Hall–Kier alpha value is -0.900. The lowest BCUT2D eigenvalue weighted by Crippen LogP contribution is -2.33. The second-order valence-electron chi connectivity index (χ2n) is 5.48. The largest absolute Gasteiger partial charge is 0.348 e. The average molecular weight is 264 g/mol. The summed E-state index contributed by atoms with van der Waals surface area (Å²) in [6, 6.07) is 0. The summed E-state index contributed by atoms with van der Waals surface area (Å²) in [7, 11) is 0. The number of hydrogen-bond donors (Lipinski definition) is 0. The van der Waals surface area contributed by atoms with Gasteiger partial charge in [-0.05, 0) is 31.6 Å². The Balaban J connectivity index is 1.74. The molecule has 1 saturated heterocycles. The third-order valence-corrected chi connectivity index (χ3v) is 5.26. The molecule has 0 unspecified atom stereocenters. The topological polar surface area (TPSA) is 33.2 Å². The molecule has 0 spiro atoms. The molecule has 4 heteroatoms. The van der Waals surface area contributed by atoms with Gasteiger partial charge in [0.1, 0.15) is 0 Å². The molecular formula is C14H20N2OS. The molecule has 0 N–H and O–H groups in total. The monoisotopic (exact) mass is 264 g/mol. The highest BCUT2D eigenvalue weighted by Gasteiger charge is 2.31. The zero-order valence-corrected chi connectivity index (χ0v) is 11.7. The molecule has 3 nitrogen and oxygen atoms in total. The highest BCUT2D eigenvalue weighted by Crippen LogP contribution is 2.44. The van der Waals surface area contributed by atoms with Crippen LogP contribution < -0.4 is 4.90 Å². The van der Waals surface area contributed by atoms with E-state index < -0.39 is 0 Å². The van der Waals surface area contributed by atoms with Crippen molar-refractivity contribution in [2.75, 3.05) is 18.0 Å². The summed E-state index contributed by atoms with van der Waals surface area (Å²) in [5, 5.41) is 1.08. The fourth-order valence-electron chi connectivity index (χ4n) is 2.73. The molecule has 1 saturated carbocycles. The van der Waals surface area contributed by atoms with E-state index in [-0.39, 0.29) is 0 Å². The highest BCUT2D eigenvalue weighted by atomic mass is 32.1. The lowest BCUT2D eigenvalue weighted by molar-refractivity contribution is 0.112. The van der Waals surface area contributed by atoms with E-state index in [4.69, 9.17) is 4.98 Å². The van der Waals surface area contributed by atoms with Gasteiger partial charge in [0.25, 0.3) is 0 Å². The predicted molar refractivity (Wildman–Crippen MR) is 74.7 cm³/mol. The van der Waals surface area contributed by atoms with E-state index >= 15 is 0 Å². The van der Waals surface area contributed by atoms with Crippen LogP contribution in [0, 0.1) is 5.92 Å². The molecule has 18 heavy (non-hydrogen) atoms. The summed E-state index contributed by atoms with van der Waals surface area (Å²) >= 11 is 1.59. The van der Waals surface area contributed by atoms with Crippen molar-refractivity contribution < 1.29 is 4.79 Å². The van der Waals surface area contributed by atoms with Crippen LogP contribution in [0.15, 0.2) is 0 Å². The van der Waals surface area contributed by atoms with Crippen LogP contribution in [0.3, 0.4) is 0 Å². The van der Waals surface area contributed by atoms with E-state index in [0.29, 0.717) is 5.92 Å². The summed E-state index contributed by atoms with van der Waals surface area (Å²) in [6.07, 6.45) is 7.24. The number of hydrogen-bond acceptors (Lipinski definition) is 4. The van der Waals surface area contributed by atoms with Gasteiger partial charge < -0.3 is 4.90 Å². The highest BCUT2D eigenvalue weighted by molar-refractivity contribution is 7.17. The van der Waals surface area contributed by atoms with Crippen LogP contribution in [0.1, 0.15) is 60.3 Å². The summed E-state index contributed by atoms with van der Waals surface area (Å²) in [5.74, 6) is 1.46. The SMILES string of the molecule is CCC1CCN(c2nc(C3CC3)c(C=O)s2)CC1. The smallest absolute Gasteiger partial charge is 0.186 e. The zero-order chi connectivity index (χ0) is 12.5. The van der Waals surface area contributed by atoms with E-state index in [1.807, 2.05) is 0 Å². The third kappa shape index (κ3) is 2.30. The van der Waals surface area contributed by atoms with Crippen molar-refractivity contribution in [2.24, 2.45) is 5.92 Å². The summed E-state index contributed by atoms with van der Waals surface area (Å²) in [5.41, 5.74) is 1.07. The number of carbonyl (C=O) groups excluding carboxylic acids is 1. The standard InChI is InChI=1S/C14H20N2OS/c1-2-10-5-7-16(8-6-10)14-15-13(11-3-4-11)12(9-17)18-14/h9-11H,2-8H2,1H3. The molecule has 0 atom stereocenters. The van der Waals surface area contributed by atoms with Crippen molar-refractivity contribution in [1.82, 2.24) is 4.98 Å². The number of piperidine rings is 1. The van der Waals surface area contributed by atoms with Crippen LogP contribution in [-0.4, -0.2) is 24.4 Å². The molecule has 98 valence electrons. The van der Waals surface area contributed by atoms with Gasteiger partial charge in [0.15, 0.2) is 11.4 Å². The molecule has 1 aromatic rings. The minimum atomic E-state index is 0.573. The summed E-state index contributed by atoms with van der Waals surface area (Å²) in [6.45, 7) is 4.49. The maximum Gasteiger partial charge on any atom is 0.186 e. The molecule has 1 aromatic heterocycles. The number of anilines is 1. The molecular weight excluding hydrogens is 244 g/mol. The van der Waals surface area contributed by atoms with Crippen LogP contribution in [0.5, 0.6) is 0 Å². The van der Waals surface area contributed by atoms with Gasteiger partial charge >= 0.3 is 0 Å². The van der Waals surface area contributed by atoms with E-state index in [1.54, 1.807) is 11.3 Å². The Labute approximate surface area is 112 Å². The quantitative estimate of drug-likeness (QED) is 0.781. The lowest BCUT2D eigenvalue weighted by atomic mass is 9.95. The van der Waals surface area contributed by atoms with Crippen LogP contribution in [0.4, 0.5) is 5.13 Å². The van der Waals surface area contributed by atoms with Crippen molar-refractivity contribution >= 4 is 22.8 Å². The average Bonchev–Trinajstić information content (AvgIpc) is 3.18. The van der Waals surface area contributed by atoms with Crippen molar-refractivity contribution in [1.29, 1.82) is 0 Å². The van der Waals surface area contributed by atoms with E-state index in [1.165, 1.54) is 32.1 Å². The van der Waals surface area contributed by atoms with Crippen LogP contribution in [0.25, 0.3) is 0 Å². The second kappa shape index (κ2) is 5.00. The Morgan fingerprint density at radius 1 is 1.33 bits per heavy atom. The Morgan fingerprint density at radius 2 is 2.06 bits per heavy atom. The molecule has 2 heterocycles. The van der Waals surface area contributed by atoms with Crippen LogP contribution >= 0.6 is 11.3 Å². The fourth-order valence-corrected chi connectivity index (χ4v) is 3.75. The van der Waals surface area contributed by atoms with Crippen molar-refractivity contribution in [2.45, 2.75) is 44.9 Å². The molecule has 2 aliphatic rings. The van der Waals surface area contributed by atoms with Crippen molar-refractivity contribution in [3.8, 4) is 0 Å². The first kappa shape index (κ1) is 12.2. The minimum absolute atomic E-state index is 0.573. The van der Waals surface area contributed by atoms with E-state index in [9.17, 15) is 4.79 Å². The van der Waals surface area contributed by atoms with Gasteiger partial charge in [-0.1, -0.05) is 24.7 Å². The number of aldehydes is 1. The molecule has 2 fully saturated rings. The number of nitrogens with zero attached hydrogens (tertiary/aromatic N) is 2. The molecule has 1 aliphatic carbocycles. The predicted octanol–water partition coefficient (Wildman–Crippen LogP) is 3.46. The first-order valence-electron chi connectivity index (χ1n) is 7.02. The van der Waals surface area contributed by atoms with Crippen molar-refractivity contribution in [3.05, 3.63) is 10.6 Å². The van der Waals surface area contributed by atoms with Gasteiger partial charge in [0.05, 0.1) is 10.6 Å². The number of rotatable bonds is 4. The van der Waals surface area contributed by atoms with E-state index in [0.717, 1.165) is 41.0 Å². The van der Waals surface area contributed by atoms with Gasteiger partial charge in [-0.15, -0.1) is 0 Å². The first-order chi connectivity index (χ1) is 8.81. The molecule has 0 aromatic carbocycles. The Bertz CT molecular complexity index is 431. The number of thiazole rings is 1. The van der Waals surface area contributed by atoms with Crippen LogP contribution in [0.2, 0.25) is 0 Å². The van der Waals surface area contributed by atoms with Gasteiger partial charge in [-0.2, -0.15) is 0 Å². The lowest BCUT2D eigenvalue weighted by Gasteiger charge is -2.31. The molecule has 0 amide bonds. The Morgan fingerprint density at radius 3 is 2.61 bits per heavy atom. The summed E-state index contributed by atoms with van der Waals surface area (Å²) < 4.78 is 0. The normalized spacial score (nSPS) is 21.3. The summed E-state index contributed by atoms with van der Waals surface area (Å²) in [4.78, 5) is 19.1. The number of aromatic nitrogens is 1. The van der Waals surface area contributed by atoms with Crippen molar-refractivity contribution in [3.63, 3.8) is 0 Å². The third-order valence-electron chi connectivity index (χ3n) is 4.20. The maximum atomic E-state index is 11.1. The molecule has 0 bridgehead atoms. The van der Waals surface area contributed by atoms with Gasteiger partial charge in [0, 0.05) is 19.0 Å². The molecule has 0 radical (unpaired) electrons. The number of carbonyl (C=O) groups is 1. The van der Waals surface area contributed by atoms with Gasteiger partial charge in [-0.25, -0.2) is 4.98 Å².